The molecule has 0 N–H and O–H groups in total. The minimum Gasteiger partial charge on any atom is -0.422 e. The van der Waals surface area contributed by atoms with Gasteiger partial charge in [-0.25, -0.2) is 4.90 Å². The van der Waals surface area contributed by atoms with E-state index in [-0.39, 0.29) is 0 Å². The normalized spacial score (nSPS) is 30.1. The number of carbonyl (C=O) groups is 4. The van der Waals surface area contributed by atoms with Gasteiger partial charge < -0.3 is 14.2 Å². The molecule has 8 nitrogen and oxygen atoms in total. The van der Waals surface area contributed by atoms with Crippen LogP contribution in [0.2, 0.25) is 0 Å². The van der Waals surface area contributed by atoms with Crippen molar-refractivity contribution in [3.05, 3.63) is 40.0 Å². The number of anilines is 1. The third kappa shape index (κ3) is 2.75. The predicted molar refractivity (Wildman–Crippen MR) is 103 cm³/mol. The fourth-order valence-corrected chi connectivity index (χ4v) is 4.61. The molecule has 4 rings (SSSR count). The van der Waals surface area contributed by atoms with Crippen LogP contribution < -0.4 is 4.90 Å². The molecule has 3 aliphatic rings. The van der Waals surface area contributed by atoms with Gasteiger partial charge in [0.2, 0.25) is 11.8 Å². The summed E-state index contributed by atoms with van der Waals surface area (Å²) < 4.78 is 17.1. The van der Waals surface area contributed by atoms with E-state index in [4.69, 9.17) is 14.2 Å². The highest BCUT2D eigenvalue weighted by Gasteiger charge is 2.72. The highest BCUT2D eigenvalue weighted by atomic mass is 127. The van der Waals surface area contributed by atoms with Gasteiger partial charge in [0.1, 0.15) is 0 Å². The van der Waals surface area contributed by atoms with Crippen molar-refractivity contribution in [1.82, 2.24) is 0 Å². The van der Waals surface area contributed by atoms with Crippen LogP contribution in [0, 0.1) is 15.4 Å². The summed E-state index contributed by atoms with van der Waals surface area (Å²) in [6.45, 7) is 2.32. The van der Waals surface area contributed by atoms with Gasteiger partial charge in [-0.05, 0) is 46.9 Å². The Morgan fingerprint density at radius 1 is 1.18 bits per heavy atom. The number of halogens is 1. The molecular formula is C19H16INO7. The molecule has 2 fully saturated rings. The van der Waals surface area contributed by atoms with E-state index in [0.29, 0.717) is 5.69 Å². The number of esters is 2. The molecule has 1 aromatic carbocycles. The summed E-state index contributed by atoms with van der Waals surface area (Å²) in [7, 11) is 0. The van der Waals surface area contributed by atoms with Gasteiger partial charge in [-0.1, -0.05) is 12.1 Å². The van der Waals surface area contributed by atoms with Crippen LogP contribution in [0.15, 0.2) is 36.4 Å². The Labute approximate surface area is 173 Å². The average Bonchev–Trinajstić information content (AvgIpc) is 3.25. The minimum atomic E-state index is -1.53. The van der Waals surface area contributed by atoms with Crippen LogP contribution in [-0.2, 0) is 33.4 Å². The van der Waals surface area contributed by atoms with E-state index in [2.05, 4.69) is 22.6 Å². The van der Waals surface area contributed by atoms with Crippen molar-refractivity contribution >= 4 is 52.0 Å². The monoisotopic (exact) mass is 497 g/mol. The Hall–Kier alpha value is -2.27. The SMILES string of the molecule is CC(=O)OC(OC(C)=O)[C@@]12C=C[C@@H](O1)[C@H]1C(=O)N(c3cccc(I)c3)C(=O)[C@@H]12. The Morgan fingerprint density at radius 2 is 1.86 bits per heavy atom. The zero-order valence-electron chi connectivity index (χ0n) is 15.0. The first-order valence-corrected chi connectivity index (χ1v) is 9.67. The zero-order valence-corrected chi connectivity index (χ0v) is 17.1. The quantitative estimate of drug-likeness (QED) is 0.205. The number of nitrogens with zero attached hydrogens (tertiary/aromatic N) is 1. The number of ether oxygens (including phenoxy) is 3. The van der Waals surface area contributed by atoms with E-state index < -0.39 is 53.6 Å². The first-order chi connectivity index (χ1) is 13.2. The van der Waals surface area contributed by atoms with Gasteiger partial charge in [0.15, 0.2) is 5.60 Å². The summed E-state index contributed by atoms with van der Waals surface area (Å²) in [4.78, 5) is 50.6. The number of carbonyl (C=O) groups excluding carboxylic acids is 4. The second kappa shape index (κ2) is 6.66. The minimum absolute atomic E-state index is 0.391. The van der Waals surface area contributed by atoms with E-state index in [0.717, 1.165) is 22.3 Å². The lowest BCUT2D eigenvalue weighted by Gasteiger charge is -2.34. The van der Waals surface area contributed by atoms with Gasteiger partial charge in [-0.15, -0.1) is 0 Å². The van der Waals surface area contributed by atoms with Gasteiger partial charge in [-0.3, -0.25) is 19.2 Å². The van der Waals surface area contributed by atoms with Crippen LogP contribution in [0.4, 0.5) is 5.69 Å². The second-order valence-electron chi connectivity index (χ2n) is 6.84. The zero-order chi connectivity index (χ0) is 20.2. The highest BCUT2D eigenvalue weighted by molar-refractivity contribution is 14.1. The lowest BCUT2D eigenvalue weighted by atomic mass is 9.76. The van der Waals surface area contributed by atoms with Crippen molar-refractivity contribution < 1.29 is 33.4 Å². The summed E-state index contributed by atoms with van der Waals surface area (Å²) in [6, 6.07) is 7.02. The molecule has 3 heterocycles. The van der Waals surface area contributed by atoms with Crippen LogP contribution >= 0.6 is 22.6 Å². The van der Waals surface area contributed by atoms with Crippen LogP contribution in [0.25, 0.3) is 0 Å². The average molecular weight is 497 g/mol. The van der Waals surface area contributed by atoms with Gasteiger partial charge in [0.25, 0.3) is 6.29 Å². The van der Waals surface area contributed by atoms with E-state index >= 15 is 0 Å². The number of fused-ring (bicyclic) bond motifs is 5. The van der Waals surface area contributed by atoms with Crippen molar-refractivity contribution in [3.8, 4) is 0 Å². The molecular weight excluding hydrogens is 481 g/mol. The topological polar surface area (TPSA) is 99.2 Å². The molecule has 0 saturated carbocycles. The number of benzene rings is 1. The summed E-state index contributed by atoms with van der Waals surface area (Å²) in [6.07, 6.45) is 1.07. The molecule has 2 saturated heterocycles. The third-order valence-electron chi connectivity index (χ3n) is 5.06. The van der Waals surface area contributed by atoms with Crippen molar-refractivity contribution in [1.29, 1.82) is 0 Å². The van der Waals surface area contributed by atoms with Gasteiger partial charge in [-0.2, -0.15) is 0 Å². The summed E-state index contributed by atoms with van der Waals surface area (Å²) in [5.41, 5.74) is -1.07. The lowest BCUT2D eigenvalue weighted by molar-refractivity contribution is -0.226. The fourth-order valence-electron chi connectivity index (χ4n) is 4.09. The first-order valence-electron chi connectivity index (χ1n) is 8.59. The van der Waals surface area contributed by atoms with Crippen LogP contribution in [-0.4, -0.2) is 41.7 Å². The third-order valence-corrected chi connectivity index (χ3v) is 5.73. The number of rotatable bonds is 4. The summed E-state index contributed by atoms with van der Waals surface area (Å²) in [5, 5.41) is 0. The maximum atomic E-state index is 13.3. The van der Waals surface area contributed by atoms with Crippen molar-refractivity contribution in [2.45, 2.75) is 31.8 Å². The Kier molecular flexibility index (Phi) is 4.53. The van der Waals surface area contributed by atoms with Crippen molar-refractivity contribution in [2.75, 3.05) is 4.90 Å². The molecule has 2 amide bonds. The standard InChI is InChI=1S/C19H16INO7/c1-9(22)26-18(27-10(2)23)19-7-6-13(28-19)14-15(19)17(25)21(16(14)24)12-5-3-4-11(20)8-12/h3-8,13-15,18H,1-2H3/t13-,14-,15-,19+/m1/s1. The second-order valence-corrected chi connectivity index (χ2v) is 8.09. The lowest BCUT2D eigenvalue weighted by Crippen LogP contribution is -2.52. The molecule has 0 aliphatic carbocycles. The van der Waals surface area contributed by atoms with Gasteiger partial charge in [0.05, 0.1) is 23.6 Å². The summed E-state index contributed by atoms with van der Waals surface area (Å²) in [5.74, 6) is -4.00. The van der Waals surface area contributed by atoms with Crippen molar-refractivity contribution in [3.63, 3.8) is 0 Å². The molecule has 28 heavy (non-hydrogen) atoms. The number of imide groups is 1. The molecule has 1 aromatic rings. The molecule has 9 heteroatoms. The van der Waals surface area contributed by atoms with Gasteiger partial charge >= 0.3 is 11.9 Å². The van der Waals surface area contributed by atoms with Crippen molar-refractivity contribution in [2.24, 2.45) is 11.8 Å². The smallest absolute Gasteiger partial charge is 0.305 e. The Balaban J connectivity index is 1.75. The molecule has 146 valence electrons. The van der Waals surface area contributed by atoms with E-state index in [1.165, 1.54) is 0 Å². The fraction of sp³-hybridized carbons (Fsp3) is 0.368. The predicted octanol–water partition coefficient (Wildman–Crippen LogP) is 1.56. The number of hydrogen-bond acceptors (Lipinski definition) is 7. The molecule has 0 spiro atoms. The number of amides is 2. The summed E-state index contributed by atoms with van der Waals surface area (Å²) >= 11 is 2.10. The van der Waals surface area contributed by atoms with Crippen LogP contribution in [0.1, 0.15) is 13.8 Å². The first kappa shape index (κ1) is 19.1. The van der Waals surface area contributed by atoms with Crippen LogP contribution in [0.5, 0.6) is 0 Å². The molecule has 0 aromatic heterocycles. The number of hydrogen-bond donors (Lipinski definition) is 0. The Bertz CT molecular complexity index is 913. The largest absolute Gasteiger partial charge is 0.422 e. The van der Waals surface area contributed by atoms with E-state index in [1.807, 2.05) is 6.07 Å². The van der Waals surface area contributed by atoms with Gasteiger partial charge in [0, 0.05) is 17.4 Å². The molecule has 0 unspecified atom stereocenters. The highest BCUT2D eigenvalue weighted by Crippen LogP contribution is 2.54. The molecule has 2 bridgehead atoms. The van der Waals surface area contributed by atoms with E-state index in [9.17, 15) is 19.2 Å². The Morgan fingerprint density at radius 3 is 2.46 bits per heavy atom. The molecule has 0 radical (unpaired) electrons. The van der Waals surface area contributed by atoms with Crippen LogP contribution in [0.3, 0.4) is 0 Å². The maximum Gasteiger partial charge on any atom is 0.305 e. The molecule has 4 atom stereocenters. The maximum absolute atomic E-state index is 13.3. The molecule has 3 aliphatic heterocycles. The van der Waals surface area contributed by atoms with E-state index in [1.54, 1.807) is 30.4 Å².